The summed E-state index contributed by atoms with van der Waals surface area (Å²) in [6.07, 6.45) is 0.996. The van der Waals surface area contributed by atoms with Crippen LogP contribution in [0.1, 0.15) is 12.8 Å². The van der Waals surface area contributed by atoms with Crippen molar-refractivity contribution in [2.24, 2.45) is 5.92 Å². The minimum absolute atomic E-state index is 0.110. The monoisotopic (exact) mass is 189 g/mol. The minimum Gasteiger partial charge on any atom is -0.394 e. The third-order valence-electron chi connectivity index (χ3n) is 2.51. The molecule has 1 fully saturated rings. The maximum Gasteiger partial charge on any atom is 0.0897 e. The highest BCUT2D eigenvalue weighted by atomic mass is 16.3. The Kier molecular flexibility index (Phi) is 4.12. The second-order valence-corrected chi connectivity index (χ2v) is 4.05. The van der Waals surface area contributed by atoms with Gasteiger partial charge in [-0.3, -0.25) is 0 Å². The lowest BCUT2D eigenvalue weighted by atomic mass is 9.82. The maximum absolute atomic E-state index is 9.14. The Labute approximate surface area is 78.8 Å². The fourth-order valence-corrected chi connectivity index (χ4v) is 1.78. The molecule has 1 atom stereocenters. The average molecular weight is 189 g/mol. The first-order chi connectivity index (χ1) is 6.11. The molecule has 0 heterocycles. The van der Waals surface area contributed by atoms with Crippen LogP contribution >= 0.6 is 0 Å². The van der Waals surface area contributed by atoms with Gasteiger partial charge in [0.05, 0.1) is 18.8 Å². The summed E-state index contributed by atoms with van der Waals surface area (Å²) in [5, 5.41) is 26.8. The highest BCUT2D eigenvalue weighted by Crippen LogP contribution is 2.27. The van der Waals surface area contributed by atoms with E-state index in [1.807, 2.05) is 11.9 Å². The van der Waals surface area contributed by atoms with Gasteiger partial charge in [0.25, 0.3) is 0 Å². The molecule has 0 radical (unpaired) electrons. The predicted molar refractivity (Wildman–Crippen MR) is 49.3 cm³/mol. The molecule has 0 aromatic heterocycles. The number of hydrogen-bond acceptors (Lipinski definition) is 4. The molecule has 0 spiro atoms. The van der Waals surface area contributed by atoms with Crippen molar-refractivity contribution in [3.8, 4) is 0 Å². The van der Waals surface area contributed by atoms with Crippen molar-refractivity contribution < 1.29 is 15.3 Å². The van der Waals surface area contributed by atoms with Gasteiger partial charge in [0.1, 0.15) is 0 Å². The average Bonchev–Trinajstić information content (AvgIpc) is 2.01. The summed E-state index contributed by atoms with van der Waals surface area (Å²) in [7, 11) is 1.92. The van der Waals surface area contributed by atoms with Gasteiger partial charge < -0.3 is 20.2 Å². The Hall–Kier alpha value is -0.160. The second-order valence-electron chi connectivity index (χ2n) is 4.05. The van der Waals surface area contributed by atoms with E-state index in [2.05, 4.69) is 0 Å². The van der Waals surface area contributed by atoms with Gasteiger partial charge in [0, 0.05) is 13.1 Å². The Morgan fingerprint density at radius 2 is 2.08 bits per heavy atom. The quantitative estimate of drug-likeness (QED) is 0.521. The van der Waals surface area contributed by atoms with E-state index in [1.165, 1.54) is 0 Å². The first-order valence-corrected chi connectivity index (χ1v) is 4.77. The van der Waals surface area contributed by atoms with E-state index >= 15 is 0 Å². The third kappa shape index (κ3) is 3.60. The van der Waals surface area contributed by atoms with Crippen LogP contribution in [0, 0.1) is 5.92 Å². The number of nitrogens with zero attached hydrogens (tertiary/aromatic N) is 1. The summed E-state index contributed by atoms with van der Waals surface area (Å²) in [6.45, 7) is 1.22. The molecule has 0 bridgehead atoms. The summed E-state index contributed by atoms with van der Waals surface area (Å²) in [4.78, 5) is 2.00. The van der Waals surface area contributed by atoms with Crippen molar-refractivity contribution >= 4 is 0 Å². The van der Waals surface area contributed by atoms with Crippen LogP contribution in [0.2, 0.25) is 0 Å². The molecular formula is C9H19NO3. The summed E-state index contributed by atoms with van der Waals surface area (Å²) in [5.41, 5.74) is 0. The largest absolute Gasteiger partial charge is 0.394 e. The van der Waals surface area contributed by atoms with Crippen LogP contribution in [-0.4, -0.2) is 59.2 Å². The van der Waals surface area contributed by atoms with E-state index in [0.717, 1.165) is 19.4 Å². The van der Waals surface area contributed by atoms with Gasteiger partial charge in [-0.15, -0.1) is 0 Å². The van der Waals surface area contributed by atoms with E-state index in [9.17, 15) is 0 Å². The zero-order valence-electron chi connectivity index (χ0n) is 8.06. The molecule has 1 rings (SSSR count). The molecule has 1 aliphatic carbocycles. The van der Waals surface area contributed by atoms with Crippen molar-refractivity contribution in [3.63, 3.8) is 0 Å². The highest BCUT2D eigenvalue weighted by molar-refractivity contribution is 4.80. The standard InChI is InChI=1S/C9H19NO3/c1-10(5-9(13)6-11)4-7-2-8(12)3-7/h7-9,11-13H,2-6H2,1H3. The van der Waals surface area contributed by atoms with Gasteiger partial charge in [-0.1, -0.05) is 0 Å². The Balaban J connectivity index is 2.07. The first kappa shape index (κ1) is 10.9. The molecule has 3 N–H and O–H groups in total. The van der Waals surface area contributed by atoms with Crippen molar-refractivity contribution in [1.82, 2.24) is 4.90 Å². The molecule has 13 heavy (non-hydrogen) atoms. The van der Waals surface area contributed by atoms with Crippen molar-refractivity contribution in [1.29, 1.82) is 0 Å². The molecule has 1 saturated carbocycles. The van der Waals surface area contributed by atoms with Crippen molar-refractivity contribution in [2.45, 2.75) is 25.0 Å². The van der Waals surface area contributed by atoms with E-state index < -0.39 is 6.10 Å². The Bertz CT molecular complexity index is 148. The van der Waals surface area contributed by atoms with Gasteiger partial charge in [-0.05, 0) is 25.8 Å². The van der Waals surface area contributed by atoms with Crippen molar-refractivity contribution in [3.05, 3.63) is 0 Å². The molecular weight excluding hydrogens is 170 g/mol. The zero-order chi connectivity index (χ0) is 9.84. The molecule has 4 nitrogen and oxygen atoms in total. The SMILES string of the molecule is CN(CC(O)CO)CC1CC(O)C1. The molecule has 0 aromatic carbocycles. The summed E-state index contributed by atoms with van der Waals surface area (Å²) in [5.74, 6) is 0.561. The fraction of sp³-hybridized carbons (Fsp3) is 1.00. The van der Waals surface area contributed by atoms with E-state index in [0.29, 0.717) is 12.5 Å². The van der Waals surface area contributed by atoms with Crippen LogP contribution in [-0.2, 0) is 0 Å². The predicted octanol–water partition coefficient (Wildman–Crippen LogP) is -0.958. The van der Waals surface area contributed by atoms with Crippen LogP contribution in [0.25, 0.3) is 0 Å². The van der Waals surface area contributed by atoms with E-state index in [-0.39, 0.29) is 12.7 Å². The Morgan fingerprint density at radius 3 is 2.54 bits per heavy atom. The van der Waals surface area contributed by atoms with Crippen LogP contribution in [0.4, 0.5) is 0 Å². The highest BCUT2D eigenvalue weighted by Gasteiger charge is 2.28. The van der Waals surface area contributed by atoms with Crippen LogP contribution in [0.15, 0.2) is 0 Å². The van der Waals surface area contributed by atoms with Gasteiger partial charge >= 0.3 is 0 Å². The number of hydrogen-bond donors (Lipinski definition) is 3. The van der Waals surface area contributed by atoms with Crippen LogP contribution < -0.4 is 0 Å². The van der Waals surface area contributed by atoms with Crippen LogP contribution in [0.3, 0.4) is 0 Å². The molecule has 0 aliphatic heterocycles. The fourth-order valence-electron chi connectivity index (χ4n) is 1.78. The lowest BCUT2D eigenvalue weighted by Gasteiger charge is -2.34. The molecule has 0 saturated heterocycles. The summed E-state index contributed by atoms with van der Waals surface area (Å²) >= 11 is 0. The van der Waals surface area contributed by atoms with E-state index in [4.69, 9.17) is 15.3 Å². The van der Waals surface area contributed by atoms with Gasteiger partial charge in [-0.2, -0.15) is 0 Å². The van der Waals surface area contributed by atoms with Crippen molar-refractivity contribution in [2.75, 3.05) is 26.7 Å². The molecule has 4 heteroatoms. The molecule has 1 aliphatic rings. The number of rotatable bonds is 5. The maximum atomic E-state index is 9.14. The zero-order valence-corrected chi connectivity index (χ0v) is 8.06. The van der Waals surface area contributed by atoms with Crippen LogP contribution in [0.5, 0.6) is 0 Å². The number of aliphatic hydroxyl groups excluding tert-OH is 3. The minimum atomic E-state index is -0.644. The summed E-state index contributed by atoms with van der Waals surface area (Å²) < 4.78 is 0. The smallest absolute Gasteiger partial charge is 0.0897 e. The van der Waals surface area contributed by atoms with Gasteiger partial charge in [-0.25, -0.2) is 0 Å². The third-order valence-corrected chi connectivity index (χ3v) is 2.51. The molecule has 0 aromatic rings. The Morgan fingerprint density at radius 1 is 1.46 bits per heavy atom. The van der Waals surface area contributed by atoms with E-state index in [1.54, 1.807) is 0 Å². The molecule has 0 amide bonds. The first-order valence-electron chi connectivity index (χ1n) is 4.77. The van der Waals surface area contributed by atoms with Gasteiger partial charge in [0.15, 0.2) is 0 Å². The van der Waals surface area contributed by atoms with Gasteiger partial charge in [0.2, 0.25) is 0 Å². The topological polar surface area (TPSA) is 63.9 Å². The lowest BCUT2D eigenvalue weighted by Crippen LogP contribution is -2.40. The number of aliphatic hydroxyl groups is 3. The molecule has 1 unspecified atom stereocenters. The number of likely N-dealkylation sites (N-methyl/N-ethyl adjacent to an activating group) is 1. The summed E-state index contributed by atoms with van der Waals surface area (Å²) in [6, 6.07) is 0. The second kappa shape index (κ2) is 4.91. The lowest BCUT2D eigenvalue weighted by molar-refractivity contribution is 0.0145. The molecule has 78 valence electrons. The normalized spacial score (nSPS) is 30.2.